The van der Waals surface area contributed by atoms with Crippen molar-refractivity contribution >= 4 is 5.91 Å². The van der Waals surface area contributed by atoms with Crippen LogP contribution in [-0.2, 0) is 22.5 Å². The highest BCUT2D eigenvalue weighted by atomic mass is 16.5. The SMILES string of the molecule is Cc1noc(C)c1CCC(=O)NCc1cnc([C@@H]2CCCCO2)nc1. The Morgan fingerprint density at radius 2 is 2.08 bits per heavy atom. The quantitative estimate of drug-likeness (QED) is 0.866. The van der Waals surface area contributed by atoms with Crippen LogP contribution in [0.15, 0.2) is 16.9 Å². The number of carbonyl (C=O) groups is 1. The summed E-state index contributed by atoms with van der Waals surface area (Å²) >= 11 is 0. The van der Waals surface area contributed by atoms with Crippen molar-refractivity contribution in [2.45, 2.75) is 58.6 Å². The number of hydrogen-bond acceptors (Lipinski definition) is 6. The van der Waals surface area contributed by atoms with Gasteiger partial charge in [-0.3, -0.25) is 4.79 Å². The molecule has 0 aromatic carbocycles. The summed E-state index contributed by atoms with van der Waals surface area (Å²) in [6.07, 6.45) is 7.78. The first-order valence-corrected chi connectivity index (χ1v) is 8.74. The number of nitrogens with zero attached hydrogens (tertiary/aromatic N) is 3. The average Bonchev–Trinajstić information content (AvgIpc) is 2.97. The van der Waals surface area contributed by atoms with Gasteiger partial charge in [0.1, 0.15) is 11.9 Å². The van der Waals surface area contributed by atoms with E-state index in [0.717, 1.165) is 54.3 Å². The van der Waals surface area contributed by atoms with E-state index in [9.17, 15) is 4.79 Å². The van der Waals surface area contributed by atoms with Gasteiger partial charge in [-0.15, -0.1) is 0 Å². The zero-order valence-electron chi connectivity index (χ0n) is 14.7. The maximum absolute atomic E-state index is 12.0. The van der Waals surface area contributed by atoms with Gasteiger partial charge >= 0.3 is 0 Å². The third kappa shape index (κ3) is 4.63. The van der Waals surface area contributed by atoms with Crippen molar-refractivity contribution in [3.63, 3.8) is 0 Å². The summed E-state index contributed by atoms with van der Waals surface area (Å²) in [4.78, 5) is 20.8. The lowest BCUT2D eigenvalue weighted by Gasteiger charge is -2.21. The molecule has 1 atom stereocenters. The topological polar surface area (TPSA) is 90.1 Å². The molecule has 1 saturated heterocycles. The minimum absolute atomic E-state index is 0.00689. The first-order chi connectivity index (χ1) is 12.1. The number of aromatic nitrogens is 3. The molecule has 7 nitrogen and oxygen atoms in total. The maximum atomic E-state index is 12.0. The highest BCUT2D eigenvalue weighted by molar-refractivity contribution is 5.76. The van der Waals surface area contributed by atoms with Gasteiger partial charge in [0.25, 0.3) is 0 Å². The van der Waals surface area contributed by atoms with Crippen LogP contribution in [0.2, 0.25) is 0 Å². The maximum Gasteiger partial charge on any atom is 0.220 e. The Balaban J connectivity index is 1.45. The molecule has 0 radical (unpaired) electrons. The summed E-state index contributed by atoms with van der Waals surface area (Å²) in [7, 11) is 0. The molecule has 0 unspecified atom stereocenters. The Hall–Kier alpha value is -2.28. The lowest BCUT2D eigenvalue weighted by Crippen LogP contribution is -2.23. The predicted octanol–water partition coefficient (Wildman–Crippen LogP) is 2.57. The van der Waals surface area contributed by atoms with Crippen molar-refractivity contribution in [2.24, 2.45) is 0 Å². The van der Waals surface area contributed by atoms with Gasteiger partial charge in [0.2, 0.25) is 5.91 Å². The number of ether oxygens (including phenoxy) is 1. The van der Waals surface area contributed by atoms with E-state index >= 15 is 0 Å². The molecule has 0 spiro atoms. The van der Waals surface area contributed by atoms with Gasteiger partial charge in [0.05, 0.1) is 5.69 Å². The number of aryl methyl sites for hydroxylation is 2. The monoisotopic (exact) mass is 344 g/mol. The van der Waals surface area contributed by atoms with E-state index < -0.39 is 0 Å². The molecule has 2 aromatic heterocycles. The van der Waals surface area contributed by atoms with Crippen LogP contribution in [0.3, 0.4) is 0 Å². The first kappa shape index (κ1) is 17.5. The molecular formula is C18H24N4O3. The molecular weight excluding hydrogens is 320 g/mol. The van der Waals surface area contributed by atoms with Crippen molar-refractivity contribution in [1.29, 1.82) is 0 Å². The average molecular weight is 344 g/mol. The first-order valence-electron chi connectivity index (χ1n) is 8.74. The van der Waals surface area contributed by atoms with Crippen molar-refractivity contribution in [3.05, 3.63) is 40.8 Å². The second-order valence-electron chi connectivity index (χ2n) is 6.38. The smallest absolute Gasteiger partial charge is 0.220 e. The Labute approximate surface area is 147 Å². The van der Waals surface area contributed by atoms with Gasteiger partial charge in [-0.05, 0) is 39.5 Å². The van der Waals surface area contributed by atoms with Crippen molar-refractivity contribution in [1.82, 2.24) is 20.4 Å². The summed E-state index contributed by atoms with van der Waals surface area (Å²) in [6, 6.07) is 0. The summed E-state index contributed by atoms with van der Waals surface area (Å²) in [5, 5.41) is 6.80. The van der Waals surface area contributed by atoms with Gasteiger partial charge in [-0.25, -0.2) is 9.97 Å². The summed E-state index contributed by atoms with van der Waals surface area (Å²) < 4.78 is 10.8. The van der Waals surface area contributed by atoms with E-state index in [0.29, 0.717) is 19.4 Å². The molecule has 25 heavy (non-hydrogen) atoms. The zero-order chi connectivity index (χ0) is 17.6. The third-order valence-electron chi connectivity index (χ3n) is 4.47. The molecule has 3 rings (SSSR count). The number of carbonyl (C=O) groups excluding carboxylic acids is 1. The van der Waals surface area contributed by atoms with Gasteiger partial charge < -0.3 is 14.6 Å². The molecule has 7 heteroatoms. The fourth-order valence-corrected chi connectivity index (χ4v) is 2.95. The van der Waals surface area contributed by atoms with Crippen LogP contribution in [0.4, 0.5) is 0 Å². The molecule has 134 valence electrons. The Morgan fingerprint density at radius 1 is 1.28 bits per heavy atom. The van der Waals surface area contributed by atoms with Gasteiger partial charge in [-0.1, -0.05) is 5.16 Å². The second kappa shape index (κ2) is 8.20. The molecule has 2 aromatic rings. The highest BCUT2D eigenvalue weighted by Gasteiger charge is 2.18. The van der Waals surface area contributed by atoms with E-state index in [1.807, 2.05) is 13.8 Å². The minimum Gasteiger partial charge on any atom is -0.370 e. The molecule has 1 N–H and O–H groups in total. The van der Waals surface area contributed by atoms with Crippen LogP contribution in [-0.4, -0.2) is 27.6 Å². The largest absolute Gasteiger partial charge is 0.370 e. The molecule has 0 bridgehead atoms. The molecule has 0 saturated carbocycles. The van der Waals surface area contributed by atoms with E-state index in [1.54, 1.807) is 12.4 Å². The molecule has 0 aliphatic carbocycles. The Morgan fingerprint density at radius 3 is 2.72 bits per heavy atom. The standard InChI is InChI=1S/C18H24N4O3/c1-12-15(13(2)25-22-12)6-7-17(23)19-9-14-10-20-18(21-11-14)16-5-3-4-8-24-16/h10-11,16H,3-9H2,1-2H3,(H,19,23)/t16-/m0/s1. The van der Waals surface area contributed by atoms with Crippen LogP contribution in [0.25, 0.3) is 0 Å². The fraction of sp³-hybridized carbons (Fsp3) is 0.556. The Bertz CT molecular complexity index is 686. The normalized spacial score (nSPS) is 17.4. The van der Waals surface area contributed by atoms with Crippen LogP contribution in [0.5, 0.6) is 0 Å². The summed E-state index contributed by atoms with van der Waals surface area (Å²) in [5.74, 6) is 1.49. The van der Waals surface area contributed by atoms with Crippen LogP contribution in [0, 0.1) is 13.8 Å². The van der Waals surface area contributed by atoms with Crippen molar-refractivity contribution < 1.29 is 14.1 Å². The van der Waals surface area contributed by atoms with Crippen molar-refractivity contribution in [3.8, 4) is 0 Å². The van der Waals surface area contributed by atoms with E-state index in [-0.39, 0.29) is 12.0 Å². The van der Waals surface area contributed by atoms with E-state index in [1.165, 1.54) is 0 Å². The fourth-order valence-electron chi connectivity index (χ4n) is 2.95. The number of hydrogen-bond donors (Lipinski definition) is 1. The zero-order valence-corrected chi connectivity index (χ0v) is 14.7. The molecule has 1 aliphatic rings. The summed E-state index contributed by atoms with van der Waals surface area (Å²) in [6.45, 7) is 4.95. The third-order valence-corrected chi connectivity index (χ3v) is 4.47. The minimum atomic E-state index is -0.0142. The number of amides is 1. The number of nitrogens with one attached hydrogen (secondary N) is 1. The van der Waals surface area contributed by atoms with Gasteiger partial charge in [0, 0.05) is 43.1 Å². The molecule has 1 amide bonds. The van der Waals surface area contributed by atoms with Crippen molar-refractivity contribution in [2.75, 3.05) is 6.61 Å². The summed E-state index contributed by atoms with van der Waals surface area (Å²) in [5.41, 5.74) is 2.74. The van der Waals surface area contributed by atoms with E-state index in [2.05, 4.69) is 20.4 Å². The van der Waals surface area contributed by atoms with Crippen LogP contribution >= 0.6 is 0 Å². The Kier molecular flexibility index (Phi) is 5.75. The van der Waals surface area contributed by atoms with Crippen LogP contribution < -0.4 is 5.32 Å². The second-order valence-corrected chi connectivity index (χ2v) is 6.38. The van der Waals surface area contributed by atoms with Gasteiger partial charge in [0.15, 0.2) is 5.82 Å². The van der Waals surface area contributed by atoms with Crippen LogP contribution in [0.1, 0.15) is 60.2 Å². The molecule has 1 fully saturated rings. The number of rotatable bonds is 6. The highest BCUT2D eigenvalue weighted by Crippen LogP contribution is 2.24. The molecule has 3 heterocycles. The van der Waals surface area contributed by atoms with Gasteiger partial charge in [-0.2, -0.15) is 0 Å². The lowest BCUT2D eigenvalue weighted by atomic mass is 10.1. The predicted molar refractivity (Wildman–Crippen MR) is 90.7 cm³/mol. The van der Waals surface area contributed by atoms with E-state index in [4.69, 9.17) is 9.26 Å². The lowest BCUT2D eigenvalue weighted by molar-refractivity contribution is -0.121. The molecule has 1 aliphatic heterocycles.